The fourth-order valence-corrected chi connectivity index (χ4v) is 1.79. The lowest BCUT2D eigenvalue weighted by molar-refractivity contribution is -0.385. The van der Waals surface area contributed by atoms with Crippen LogP contribution < -0.4 is 5.32 Å². The van der Waals surface area contributed by atoms with Gasteiger partial charge in [-0.25, -0.2) is 9.78 Å². The van der Waals surface area contributed by atoms with Gasteiger partial charge in [0.05, 0.1) is 11.0 Å². The van der Waals surface area contributed by atoms with Crippen molar-refractivity contribution in [3.8, 4) is 0 Å². The number of rotatable bonds is 5. The summed E-state index contributed by atoms with van der Waals surface area (Å²) in [4.78, 5) is 25.0. The monoisotopic (exact) mass is 292 g/mol. The number of nitrogens with zero attached hydrogens (tertiary/aromatic N) is 5. The van der Waals surface area contributed by atoms with Crippen molar-refractivity contribution in [2.45, 2.75) is 13.0 Å². The summed E-state index contributed by atoms with van der Waals surface area (Å²) in [6.45, 7) is 1.75. The number of aromatic carboxylic acids is 1. The van der Waals surface area contributed by atoms with Crippen molar-refractivity contribution in [3.05, 3.63) is 40.1 Å². The minimum atomic E-state index is -1.31. The summed E-state index contributed by atoms with van der Waals surface area (Å²) in [6.07, 6.45) is 2.51. The molecular weight excluding hydrogens is 280 g/mol. The van der Waals surface area contributed by atoms with Crippen molar-refractivity contribution < 1.29 is 14.8 Å². The van der Waals surface area contributed by atoms with Crippen LogP contribution in [0.25, 0.3) is 0 Å². The molecule has 2 N–H and O–H groups in total. The molecule has 2 aromatic heterocycles. The number of carbonyl (C=O) groups is 1. The molecule has 0 aliphatic heterocycles. The van der Waals surface area contributed by atoms with Crippen LogP contribution in [0.3, 0.4) is 0 Å². The number of nitrogens with one attached hydrogen (secondary N) is 1. The molecule has 1 unspecified atom stereocenters. The van der Waals surface area contributed by atoms with E-state index in [0.717, 1.165) is 12.3 Å². The average Bonchev–Trinajstić information content (AvgIpc) is 2.85. The maximum Gasteiger partial charge on any atom is 0.339 e. The summed E-state index contributed by atoms with van der Waals surface area (Å²) in [5.74, 6) is -0.700. The summed E-state index contributed by atoms with van der Waals surface area (Å²) >= 11 is 0. The Labute approximate surface area is 118 Å². The fourth-order valence-electron chi connectivity index (χ4n) is 1.79. The van der Waals surface area contributed by atoms with Gasteiger partial charge in [0.15, 0.2) is 5.82 Å². The van der Waals surface area contributed by atoms with Gasteiger partial charge in [0.1, 0.15) is 23.9 Å². The summed E-state index contributed by atoms with van der Waals surface area (Å²) in [6, 6.07) is 0.589. The number of nitro groups is 1. The highest BCUT2D eigenvalue weighted by Gasteiger charge is 2.20. The van der Waals surface area contributed by atoms with Crippen molar-refractivity contribution in [3.63, 3.8) is 0 Å². The lowest BCUT2D eigenvalue weighted by atomic mass is 10.2. The van der Waals surface area contributed by atoms with Crippen LogP contribution in [0, 0.1) is 10.1 Å². The van der Waals surface area contributed by atoms with Gasteiger partial charge in [0, 0.05) is 13.1 Å². The van der Waals surface area contributed by atoms with E-state index in [1.165, 1.54) is 6.33 Å². The quantitative estimate of drug-likeness (QED) is 0.615. The number of hydrogen-bond donors (Lipinski definition) is 2. The number of anilines is 1. The Morgan fingerprint density at radius 2 is 2.29 bits per heavy atom. The highest BCUT2D eigenvalue weighted by atomic mass is 16.6. The van der Waals surface area contributed by atoms with Gasteiger partial charge in [-0.3, -0.25) is 10.1 Å². The lowest BCUT2D eigenvalue weighted by Gasteiger charge is -2.14. The second kappa shape index (κ2) is 5.53. The van der Waals surface area contributed by atoms with E-state index in [0.29, 0.717) is 5.82 Å². The predicted molar refractivity (Wildman–Crippen MR) is 70.9 cm³/mol. The SMILES string of the molecule is CC(Nc1ncc([N+](=O)[O-])cc1C(=O)O)c1nncn1C. The van der Waals surface area contributed by atoms with Gasteiger partial charge in [-0.1, -0.05) is 0 Å². The maximum absolute atomic E-state index is 11.2. The molecule has 0 aliphatic rings. The summed E-state index contributed by atoms with van der Waals surface area (Å²) < 4.78 is 1.67. The van der Waals surface area contributed by atoms with E-state index in [-0.39, 0.29) is 23.1 Å². The van der Waals surface area contributed by atoms with E-state index in [1.54, 1.807) is 18.5 Å². The Kier molecular flexibility index (Phi) is 3.78. The largest absolute Gasteiger partial charge is 0.478 e. The first-order valence-electron chi connectivity index (χ1n) is 5.88. The fraction of sp³-hybridized carbons (Fsp3) is 0.273. The van der Waals surface area contributed by atoms with Gasteiger partial charge < -0.3 is 15.0 Å². The van der Waals surface area contributed by atoms with Gasteiger partial charge in [-0.15, -0.1) is 10.2 Å². The van der Waals surface area contributed by atoms with E-state index in [2.05, 4.69) is 20.5 Å². The van der Waals surface area contributed by atoms with Crippen LogP contribution in [0.1, 0.15) is 29.1 Å². The minimum absolute atomic E-state index is 0.0311. The first-order valence-corrected chi connectivity index (χ1v) is 5.88. The number of aryl methyl sites for hydroxylation is 1. The molecule has 0 amide bonds. The van der Waals surface area contributed by atoms with Gasteiger partial charge >= 0.3 is 5.97 Å². The smallest absolute Gasteiger partial charge is 0.339 e. The Balaban J connectivity index is 2.33. The Hall–Kier alpha value is -3.04. The maximum atomic E-state index is 11.2. The van der Waals surface area contributed by atoms with E-state index in [1.807, 2.05) is 0 Å². The van der Waals surface area contributed by atoms with Crippen LogP contribution in [0.5, 0.6) is 0 Å². The highest BCUT2D eigenvalue weighted by Crippen LogP contribution is 2.22. The number of pyridine rings is 1. The number of carboxylic acids is 1. The van der Waals surface area contributed by atoms with E-state index >= 15 is 0 Å². The standard InChI is InChI=1S/C11H12N6O4/c1-6(10-15-13-5-16(10)2)14-9-8(11(18)19)3-7(4-12-9)17(20)21/h3-6H,1-2H3,(H,12,14)(H,18,19). The zero-order chi connectivity index (χ0) is 15.6. The molecular formula is C11H12N6O4. The molecule has 2 rings (SSSR count). The van der Waals surface area contributed by atoms with E-state index in [4.69, 9.17) is 5.11 Å². The van der Waals surface area contributed by atoms with Gasteiger partial charge in [0.25, 0.3) is 5.69 Å². The first-order chi connectivity index (χ1) is 9.90. The second-order valence-corrected chi connectivity index (χ2v) is 4.32. The van der Waals surface area contributed by atoms with Gasteiger partial charge in [-0.05, 0) is 6.92 Å². The van der Waals surface area contributed by atoms with Crippen LogP contribution in [0.2, 0.25) is 0 Å². The molecule has 2 heterocycles. The molecule has 0 bridgehead atoms. The Bertz CT molecular complexity index is 698. The molecule has 1 atom stereocenters. The molecule has 0 fully saturated rings. The molecule has 10 nitrogen and oxygen atoms in total. The normalized spacial score (nSPS) is 11.9. The third kappa shape index (κ3) is 2.94. The molecule has 0 aliphatic carbocycles. The van der Waals surface area contributed by atoms with Crippen LogP contribution in [0.15, 0.2) is 18.6 Å². The topological polar surface area (TPSA) is 136 Å². The van der Waals surface area contributed by atoms with Crippen molar-refractivity contribution in [2.75, 3.05) is 5.32 Å². The van der Waals surface area contributed by atoms with Crippen LogP contribution >= 0.6 is 0 Å². The third-order valence-corrected chi connectivity index (χ3v) is 2.80. The molecule has 0 radical (unpaired) electrons. The van der Waals surface area contributed by atoms with Crippen molar-refractivity contribution in [2.24, 2.45) is 7.05 Å². The molecule has 21 heavy (non-hydrogen) atoms. The highest BCUT2D eigenvalue weighted by molar-refractivity contribution is 5.93. The minimum Gasteiger partial charge on any atom is -0.478 e. The van der Waals surface area contributed by atoms with Crippen molar-refractivity contribution in [1.82, 2.24) is 19.7 Å². The second-order valence-electron chi connectivity index (χ2n) is 4.32. The molecule has 2 aromatic rings. The Morgan fingerprint density at radius 1 is 1.57 bits per heavy atom. The number of aromatic nitrogens is 4. The number of carboxylic acid groups (broad SMARTS) is 1. The summed E-state index contributed by atoms with van der Waals surface area (Å²) in [5, 5.41) is 30.3. The van der Waals surface area contributed by atoms with E-state index in [9.17, 15) is 14.9 Å². The molecule has 0 spiro atoms. The number of hydrogen-bond acceptors (Lipinski definition) is 7. The molecule has 110 valence electrons. The van der Waals surface area contributed by atoms with Crippen molar-refractivity contribution >= 4 is 17.5 Å². The molecule has 0 aromatic carbocycles. The molecule has 10 heteroatoms. The molecule has 0 saturated heterocycles. The zero-order valence-corrected chi connectivity index (χ0v) is 11.2. The zero-order valence-electron chi connectivity index (χ0n) is 11.2. The van der Waals surface area contributed by atoms with E-state index < -0.39 is 10.9 Å². The van der Waals surface area contributed by atoms with Gasteiger partial charge in [0.2, 0.25) is 0 Å². The predicted octanol–water partition coefficient (Wildman–Crippen LogP) is 0.990. The van der Waals surface area contributed by atoms with Gasteiger partial charge in [-0.2, -0.15) is 0 Å². The first kappa shape index (κ1) is 14.4. The Morgan fingerprint density at radius 3 is 2.81 bits per heavy atom. The third-order valence-electron chi connectivity index (χ3n) is 2.80. The van der Waals surface area contributed by atoms with Crippen molar-refractivity contribution in [1.29, 1.82) is 0 Å². The molecule has 0 saturated carbocycles. The summed E-state index contributed by atoms with van der Waals surface area (Å²) in [5.41, 5.74) is -0.664. The lowest BCUT2D eigenvalue weighted by Crippen LogP contribution is -2.15. The average molecular weight is 292 g/mol. The summed E-state index contributed by atoms with van der Waals surface area (Å²) in [7, 11) is 1.74. The van der Waals surface area contributed by atoms with Crippen LogP contribution in [-0.2, 0) is 7.05 Å². The van der Waals surface area contributed by atoms with Crippen LogP contribution in [0.4, 0.5) is 11.5 Å². The van der Waals surface area contributed by atoms with Crippen LogP contribution in [-0.4, -0.2) is 35.7 Å².